The van der Waals surface area contributed by atoms with E-state index in [4.69, 9.17) is 17.3 Å². The van der Waals surface area contributed by atoms with Crippen molar-refractivity contribution in [1.82, 2.24) is 5.32 Å². The predicted molar refractivity (Wildman–Crippen MR) is 78.5 cm³/mol. The average Bonchev–Trinajstić information content (AvgIpc) is 2.42. The molecule has 0 bridgehead atoms. The zero-order chi connectivity index (χ0) is 13.8. The summed E-state index contributed by atoms with van der Waals surface area (Å²) in [5.41, 5.74) is 7.27. The SMILES string of the molecule is Cc1cccc(C(=O)NC2CCCCC2CN)c1Cl. The van der Waals surface area contributed by atoms with E-state index in [9.17, 15) is 4.79 Å². The van der Waals surface area contributed by atoms with Crippen LogP contribution in [0.1, 0.15) is 41.6 Å². The minimum absolute atomic E-state index is 0.0842. The van der Waals surface area contributed by atoms with E-state index in [1.165, 1.54) is 6.42 Å². The highest BCUT2D eigenvalue weighted by atomic mass is 35.5. The first kappa shape index (κ1) is 14.4. The molecule has 2 rings (SSSR count). The molecule has 2 atom stereocenters. The Bertz CT molecular complexity index is 461. The van der Waals surface area contributed by atoms with Crippen LogP contribution in [0.3, 0.4) is 0 Å². The number of nitrogens with one attached hydrogen (secondary N) is 1. The number of rotatable bonds is 3. The maximum absolute atomic E-state index is 12.3. The molecule has 0 radical (unpaired) electrons. The van der Waals surface area contributed by atoms with Gasteiger partial charge >= 0.3 is 0 Å². The first-order valence-electron chi connectivity index (χ1n) is 6.89. The van der Waals surface area contributed by atoms with E-state index in [-0.39, 0.29) is 11.9 Å². The molecule has 104 valence electrons. The lowest BCUT2D eigenvalue weighted by Gasteiger charge is -2.31. The summed E-state index contributed by atoms with van der Waals surface area (Å²) < 4.78 is 0. The fourth-order valence-electron chi connectivity index (χ4n) is 2.75. The van der Waals surface area contributed by atoms with E-state index >= 15 is 0 Å². The van der Waals surface area contributed by atoms with Gasteiger partial charge in [0.1, 0.15) is 0 Å². The maximum atomic E-state index is 12.3. The van der Waals surface area contributed by atoms with E-state index < -0.39 is 0 Å². The van der Waals surface area contributed by atoms with Crippen molar-refractivity contribution in [2.75, 3.05) is 6.54 Å². The van der Waals surface area contributed by atoms with Crippen molar-refractivity contribution in [3.05, 3.63) is 34.3 Å². The van der Waals surface area contributed by atoms with Crippen molar-refractivity contribution >= 4 is 17.5 Å². The van der Waals surface area contributed by atoms with Crippen molar-refractivity contribution < 1.29 is 4.79 Å². The zero-order valence-corrected chi connectivity index (χ0v) is 12.0. The van der Waals surface area contributed by atoms with E-state index in [0.717, 1.165) is 24.8 Å². The van der Waals surface area contributed by atoms with Crippen LogP contribution in [-0.4, -0.2) is 18.5 Å². The molecule has 19 heavy (non-hydrogen) atoms. The molecular formula is C15H21ClN2O. The summed E-state index contributed by atoms with van der Waals surface area (Å²) in [6.07, 6.45) is 4.47. The Kier molecular flexibility index (Phi) is 4.83. The number of aryl methyl sites for hydroxylation is 1. The topological polar surface area (TPSA) is 55.1 Å². The average molecular weight is 281 g/mol. The zero-order valence-electron chi connectivity index (χ0n) is 11.3. The smallest absolute Gasteiger partial charge is 0.253 e. The summed E-state index contributed by atoms with van der Waals surface area (Å²) >= 11 is 6.19. The van der Waals surface area contributed by atoms with Gasteiger partial charge in [0.2, 0.25) is 0 Å². The van der Waals surface area contributed by atoms with Crippen LogP contribution in [0.5, 0.6) is 0 Å². The van der Waals surface area contributed by atoms with E-state index in [1.807, 2.05) is 19.1 Å². The fourth-order valence-corrected chi connectivity index (χ4v) is 2.96. The summed E-state index contributed by atoms with van der Waals surface area (Å²) in [6, 6.07) is 5.72. The van der Waals surface area contributed by atoms with E-state index in [0.29, 0.717) is 23.0 Å². The Labute approximate surface area is 119 Å². The number of carbonyl (C=O) groups is 1. The highest BCUT2D eigenvalue weighted by Gasteiger charge is 2.26. The number of hydrogen-bond donors (Lipinski definition) is 2. The number of nitrogens with two attached hydrogens (primary N) is 1. The second-order valence-electron chi connectivity index (χ2n) is 5.30. The van der Waals surface area contributed by atoms with Gasteiger partial charge in [-0.3, -0.25) is 4.79 Å². The van der Waals surface area contributed by atoms with Crippen molar-refractivity contribution in [2.24, 2.45) is 11.7 Å². The van der Waals surface area contributed by atoms with Gasteiger partial charge in [-0.25, -0.2) is 0 Å². The summed E-state index contributed by atoms with van der Waals surface area (Å²) in [5, 5.41) is 3.64. The summed E-state index contributed by atoms with van der Waals surface area (Å²) in [5.74, 6) is 0.306. The first-order chi connectivity index (χ1) is 9.13. The molecule has 1 aromatic rings. The van der Waals surface area contributed by atoms with Crippen LogP contribution >= 0.6 is 11.6 Å². The van der Waals surface area contributed by atoms with Crippen molar-refractivity contribution in [3.63, 3.8) is 0 Å². The molecule has 1 saturated carbocycles. The van der Waals surface area contributed by atoms with Crippen LogP contribution in [0.2, 0.25) is 5.02 Å². The lowest BCUT2D eigenvalue weighted by molar-refractivity contribution is 0.0908. The molecule has 0 heterocycles. The molecular weight excluding hydrogens is 260 g/mol. The summed E-state index contributed by atoms with van der Waals surface area (Å²) in [6.45, 7) is 2.54. The van der Waals surface area contributed by atoms with Gasteiger partial charge in [-0.1, -0.05) is 36.6 Å². The highest BCUT2D eigenvalue weighted by molar-refractivity contribution is 6.34. The molecule has 4 heteroatoms. The number of benzene rings is 1. The molecule has 3 nitrogen and oxygen atoms in total. The third kappa shape index (κ3) is 3.28. The standard InChI is InChI=1S/C15H21ClN2O/c1-10-5-4-7-12(14(10)16)15(19)18-13-8-3-2-6-11(13)9-17/h4-5,7,11,13H,2-3,6,8-9,17H2,1H3,(H,18,19). The minimum atomic E-state index is -0.0842. The van der Waals surface area contributed by atoms with Crippen molar-refractivity contribution in [3.8, 4) is 0 Å². The third-order valence-electron chi connectivity index (χ3n) is 3.96. The highest BCUT2D eigenvalue weighted by Crippen LogP contribution is 2.25. The van der Waals surface area contributed by atoms with Gasteiger partial charge in [-0.2, -0.15) is 0 Å². The monoisotopic (exact) mass is 280 g/mol. The molecule has 0 aliphatic heterocycles. The minimum Gasteiger partial charge on any atom is -0.349 e. The van der Waals surface area contributed by atoms with Gasteiger partial charge < -0.3 is 11.1 Å². The lowest BCUT2D eigenvalue weighted by Crippen LogP contribution is -2.44. The van der Waals surface area contributed by atoms with E-state index in [2.05, 4.69) is 5.32 Å². The van der Waals surface area contributed by atoms with Gasteiger partial charge in [0, 0.05) is 6.04 Å². The molecule has 1 aliphatic rings. The fraction of sp³-hybridized carbons (Fsp3) is 0.533. The van der Waals surface area contributed by atoms with Crippen LogP contribution < -0.4 is 11.1 Å². The Morgan fingerprint density at radius 1 is 1.42 bits per heavy atom. The van der Waals surface area contributed by atoms with Crippen LogP contribution in [0, 0.1) is 12.8 Å². The summed E-state index contributed by atoms with van der Waals surface area (Å²) in [7, 11) is 0. The molecule has 2 unspecified atom stereocenters. The molecule has 1 amide bonds. The van der Waals surface area contributed by atoms with Crippen LogP contribution in [0.15, 0.2) is 18.2 Å². The van der Waals surface area contributed by atoms with Gasteiger partial charge in [0.05, 0.1) is 10.6 Å². The Morgan fingerprint density at radius 2 is 2.16 bits per heavy atom. The lowest BCUT2D eigenvalue weighted by atomic mass is 9.84. The second kappa shape index (κ2) is 6.40. The Morgan fingerprint density at radius 3 is 2.89 bits per heavy atom. The first-order valence-corrected chi connectivity index (χ1v) is 7.27. The van der Waals surface area contributed by atoms with Gasteiger partial charge in [-0.15, -0.1) is 0 Å². The molecule has 0 spiro atoms. The number of halogens is 1. The molecule has 1 aliphatic carbocycles. The molecule has 1 fully saturated rings. The maximum Gasteiger partial charge on any atom is 0.253 e. The van der Waals surface area contributed by atoms with Crippen LogP contribution in [0.4, 0.5) is 0 Å². The van der Waals surface area contributed by atoms with Crippen molar-refractivity contribution in [1.29, 1.82) is 0 Å². The second-order valence-corrected chi connectivity index (χ2v) is 5.67. The largest absolute Gasteiger partial charge is 0.349 e. The quantitative estimate of drug-likeness (QED) is 0.894. The van der Waals surface area contributed by atoms with Gasteiger partial charge in [0.25, 0.3) is 5.91 Å². The van der Waals surface area contributed by atoms with Crippen LogP contribution in [-0.2, 0) is 0 Å². The van der Waals surface area contributed by atoms with Crippen molar-refractivity contribution in [2.45, 2.75) is 38.6 Å². The molecule has 0 saturated heterocycles. The number of amides is 1. The van der Waals surface area contributed by atoms with Gasteiger partial charge in [-0.05, 0) is 43.9 Å². The Balaban J connectivity index is 2.09. The van der Waals surface area contributed by atoms with Crippen LogP contribution in [0.25, 0.3) is 0 Å². The normalized spacial score (nSPS) is 23.1. The molecule has 3 N–H and O–H groups in total. The third-order valence-corrected chi connectivity index (χ3v) is 4.47. The molecule has 1 aromatic carbocycles. The van der Waals surface area contributed by atoms with E-state index in [1.54, 1.807) is 6.07 Å². The number of hydrogen-bond acceptors (Lipinski definition) is 2. The molecule has 0 aromatic heterocycles. The summed E-state index contributed by atoms with van der Waals surface area (Å²) in [4.78, 5) is 12.3. The number of carbonyl (C=O) groups excluding carboxylic acids is 1. The van der Waals surface area contributed by atoms with Gasteiger partial charge in [0.15, 0.2) is 0 Å². The Hall–Kier alpha value is -1.06. The predicted octanol–water partition coefficient (Wildman–Crippen LogP) is 2.90.